The Bertz CT molecular complexity index is 1590. The summed E-state index contributed by atoms with van der Waals surface area (Å²) in [6.07, 6.45) is 7.60. The standard InChI is InChI=1S/C35H34F16O4/c1-2-3-5-8-21-11-13-22(14-12-21)23-15-17-25(18-16-23)27(53)55-20-29(38,39)31(42,43)33(46,47)35(50,51)34(48,49)32(44,45)30(40,41)28(36,37)19-54-26(52)24-9-6-4-7-10-24/h4,6-7,9-10,15-18,21-22H,2-3,5,8,11-14,19-20H2,1H3. The second-order valence-electron chi connectivity index (χ2n) is 13.2. The van der Waals surface area contributed by atoms with Gasteiger partial charge in [-0.05, 0) is 67.3 Å². The molecule has 0 radical (unpaired) electrons. The minimum Gasteiger partial charge on any atom is -0.455 e. The first-order valence-electron chi connectivity index (χ1n) is 16.6. The van der Waals surface area contributed by atoms with E-state index >= 15 is 0 Å². The molecular weight excluding hydrogens is 788 g/mol. The van der Waals surface area contributed by atoms with E-state index in [4.69, 9.17) is 0 Å². The molecule has 1 saturated carbocycles. The van der Waals surface area contributed by atoms with E-state index in [-0.39, 0.29) is 5.92 Å². The Hall–Kier alpha value is -3.74. The summed E-state index contributed by atoms with van der Waals surface area (Å²) < 4.78 is 236. The Labute approximate surface area is 303 Å². The van der Waals surface area contributed by atoms with Gasteiger partial charge in [-0.25, -0.2) is 9.59 Å². The van der Waals surface area contributed by atoms with Gasteiger partial charge in [0.15, 0.2) is 13.2 Å². The Morgan fingerprint density at radius 2 is 0.909 bits per heavy atom. The first kappa shape index (κ1) is 45.6. The fraction of sp³-hybridized carbons (Fsp3) is 0.600. The van der Waals surface area contributed by atoms with Gasteiger partial charge < -0.3 is 9.47 Å². The quantitative estimate of drug-likeness (QED) is 0.0854. The molecule has 0 N–H and O–H groups in total. The Balaban J connectivity index is 1.73. The van der Waals surface area contributed by atoms with Crippen molar-refractivity contribution in [3.8, 4) is 0 Å². The van der Waals surface area contributed by atoms with E-state index in [9.17, 15) is 79.8 Å². The molecule has 55 heavy (non-hydrogen) atoms. The van der Waals surface area contributed by atoms with E-state index in [1.54, 1.807) is 0 Å². The van der Waals surface area contributed by atoms with E-state index in [1.807, 2.05) is 0 Å². The first-order valence-corrected chi connectivity index (χ1v) is 16.6. The molecule has 4 nitrogen and oxygen atoms in total. The number of ether oxygens (including phenoxy) is 2. The maximum atomic E-state index is 14.4. The number of alkyl halides is 16. The number of rotatable bonds is 18. The zero-order chi connectivity index (χ0) is 41.9. The maximum Gasteiger partial charge on any atom is 0.385 e. The highest BCUT2D eigenvalue weighted by Crippen LogP contribution is 2.64. The molecule has 3 rings (SSSR count). The van der Waals surface area contributed by atoms with Crippen molar-refractivity contribution in [2.24, 2.45) is 5.92 Å². The number of halogens is 16. The zero-order valence-corrected chi connectivity index (χ0v) is 28.6. The van der Waals surface area contributed by atoms with Crippen LogP contribution in [0.2, 0.25) is 0 Å². The van der Waals surface area contributed by atoms with Crippen molar-refractivity contribution in [2.45, 2.75) is 112 Å². The summed E-state index contributed by atoms with van der Waals surface area (Å²) in [6.45, 7) is -4.47. The lowest BCUT2D eigenvalue weighted by Crippen LogP contribution is -2.75. The summed E-state index contributed by atoms with van der Waals surface area (Å²) in [5.74, 6) is -67.0. The van der Waals surface area contributed by atoms with Gasteiger partial charge in [-0.3, -0.25) is 0 Å². The number of unbranched alkanes of at least 4 members (excludes halogenated alkanes) is 2. The van der Waals surface area contributed by atoms with Crippen LogP contribution in [-0.2, 0) is 9.47 Å². The van der Waals surface area contributed by atoms with Crippen LogP contribution >= 0.6 is 0 Å². The van der Waals surface area contributed by atoms with Gasteiger partial charge in [-0.2, -0.15) is 70.2 Å². The van der Waals surface area contributed by atoms with Crippen molar-refractivity contribution in [3.63, 3.8) is 0 Å². The lowest BCUT2D eigenvalue weighted by atomic mass is 9.77. The Morgan fingerprint density at radius 3 is 1.31 bits per heavy atom. The summed E-state index contributed by atoms with van der Waals surface area (Å²) in [5, 5.41) is 0. The first-order chi connectivity index (χ1) is 25.1. The molecule has 0 spiro atoms. The number of hydrogen-bond donors (Lipinski definition) is 0. The van der Waals surface area contributed by atoms with Crippen molar-refractivity contribution < 1.29 is 89.3 Å². The molecule has 310 valence electrons. The van der Waals surface area contributed by atoms with Crippen molar-refractivity contribution in [3.05, 3.63) is 71.3 Å². The topological polar surface area (TPSA) is 52.6 Å². The zero-order valence-electron chi connectivity index (χ0n) is 28.6. The highest BCUT2D eigenvalue weighted by molar-refractivity contribution is 5.89. The normalized spacial score (nSPS) is 18.2. The minimum atomic E-state index is -8.66. The van der Waals surface area contributed by atoms with Gasteiger partial charge in [0, 0.05) is 0 Å². The molecule has 0 atom stereocenters. The van der Waals surface area contributed by atoms with Gasteiger partial charge in [0.05, 0.1) is 11.1 Å². The highest BCUT2D eigenvalue weighted by Gasteiger charge is 2.95. The van der Waals surface area contributed by atoms with E-state index in [0.29, 0.717) is 11.5 Å². The fourth-order valence-electron chi connectivity index (χ4n) is 5.84. The van der Waals surface area contributed by atoms with E-state index in [1.165, 1.54) is 18.2 Å². The second kappa shape index (κ2) is 16.4. The summed E-state index contributed by atoms with van der Waals surface area (Å²) in [4.78, 5) is 24.0. The average Bonchev–Trinajstić information content (AvgIpc) is 3.13. The number of hydrogen-bond acceptors (Lipinski definition) is 4. The van der Waals surface area contributed by atoms with E-state index in [2.05, 4.69) is 16.4 Å². The van der Waals surface area contributed by atoms with Crippen LogP contribution in [0.25, 0.3) is 0 Å². The molecule has 0 heterocycles. The second-order valence-corrected chi connectivity index (χ2v) is 13.2. The molecule has 2 aromatic rings. The lowest BCUT2D eigenvalue weighted by Gasteiger charge is -2.43. The summed E-state index contributed by atoms with van der Waals surface area (Å²) in [7, 11) is 0. The molecule has 0 bridgehead atoms. The minimum absolute atomic E-state index is 0.0216. The molecule has 1 aliphatic rings. The van der Waals surface area contributed by atoms with Crippen molar-refractivity contribution >= 4 is 11.9 Å². The molecule has 0 amide bonds. The van der Waals surface area contributed by atoms with Gasteiger partial charge in [0.2, 0.25) is 0 Å². The van der Waals surface area contributed by atoms with Gasteiger partial charge >= 0.3 is 59.3 Å². The van der Waals surface area contributed by atoms with Crippen LogP contribution in [0.5, 0.6) is 0 Å². The third-order valence-corrected chi connectivity index (χ3v) is 9.35. The highest BCUT2D eigenvalue weighted by atomic mass is 19.4. The van der Waals surface area contributed by atoms with Crippen molar-refractivity contribution in [2.75, 3.05) is 13.2 Å². The number of benzene rings is 2. The number of carbonyl (C=O) groups excluding carboxylic acids is 2. The Kier molecular flexibility index (Phi) is 13.6. The van der Waals surface area contributed by atoms with E-state index < -0.39 is 83.7 Å². The molecule has 0 aromatic heterocycles. The molecule has 1 aliphatic carbocycles. The predicted octanol–water partition coefficient (Wildman–Crippen LogP) is 11.6. The monoisotopic (exact) mass is 822 g/mol. The van der Waals surface area contributed by atoms with Gasteiger partial charge in [0.1, 0.15) is 0 Å². The summed E-state index contributed by atoms with van der Waals surface area (Å²) in [5.41, 5.74) is -0.689. The van der Waals surface area contributed by atoms with Crippen molar-refractivity contribution in [1.29, 1.82) is 0 Å². The molecular formula is C35H34F16O4. The lowest BCUT2D eigenvalue weighted by molar-refractivity contribution is -0.454. The van der Waals surface area contributed by atoms with Crippen LogP contribution in [0.1, 0.15) is 90.5 Å². The van der Waals surface area contributed by atoms with Crippen LogP contribution < -0.4 is 0 Å². The number of esters is 2. The van der Waals surface area contributed by atoms with Crippen LogP contribution in [0.15, 0.2) is 54.6 Å². The van der Waals surface area contributed by atoms with Crippen molar-refractivity contribution in [1.82, 2.24) is 0 Å². The SMILES string of the molecule is CCCCCC1CCC(c2ccc(C(=O)OCC(F)(F)C(F)(F)C(F)(F)C(F)(F)C(F)(F)C(F)(F)C(F)(F)C(F)(F)COC(=O)c3ccccc3)cc2)CC1. The predicted molar refractivity (Wildman–Crippen MR) is 162 cm³/mol. The maximum absolute atomic E-state index is 14.4. The average molecular weight is 823 g/mol. The molecule has 20 heteroatoms. The fourth-order valence-corrected chi connectivity index (χ4v) is 5.84. The molecule has 0 saturated heterocycles. The molecule has 1 fully saturated rings. The van der Waals surface area contributed by atoms with Gasteiger partial charge in [-0.15, -0.1) is 0 Å². The van der Waals surface area contributed by atoms with Gasteiger partial charge in [-0.1, -0.05) is 62.9 Å². The smallest absolute Gasteiger partial charge is 0.385 e. The largest absolute Gasteiger partial charge is 0.455 e. The van der Waals surface area contributed by atoms with Crippen LogP contribution in [0, 0.1) is 5.92 Å². The Morgan fingerprint density at radius 1 is 0.527 bits per heavy atom. The summed E-state index contributed by atoms with van der Waals surface area (Å²) in [6, 6.07) is 9.51. The summed E-state index contributed by atoms with van der Waals surface area (Å²) >= 11 is 0. The molecule has 0 unspecified atom stereocenters. The third-order valence-electron chi connectivity index (χ3n) is 9.35. The van der Waals surface area contributed by atoms with E-state index in [0.717, 1.165) is 87.8 Å². The van der Waals surface area contributed by atoms with Crippen LogP contribution in [0.3, 0.4) is 0 Å². The molecule has 0 aliphatic heterocycles. The third kappa shape index (κ3) is 8.66. The van der Waals surface area contributed by atoms with Gasteiger partial charge in [0.25, 0.3) is 0 Å². The molecule has 2 aromatic carbocycles. The van der Waals surface area contributed by atoms with Crippen LogP contribution in [-0.4, -0.2) is 72.5 Å². The number of carbonyl (C=O) groups is 2. The van der Waals surface area contributed by atoms with Crippen LogP contribution in [0.4, 0.5) is 70.2 Å².